The van der Waals surface area contributed by atoms with Crippen LogP contribution in [0.15, 0.2) is 12.7 Å². The molecule has 4 aromatic rings. The smallest absolute Gasteiger partial charge is 0.226 e. The van der Waals surface area contributed by atoms with Crippen LogP contribution in [0.3, 0.4) is 0 Å². The molecule has 0 atom stereocenters. The van der Waals surface area contributed by atoms with Crippen molar-refractivity contribution < 1.29 is 0 Å². The standard InChI is InChI=1S/2C16H24ClN5/c2*1-2-3-4-7-10-18-14-13-15(21-16(17)20-14)22(11-19-13)12-8-5-6-9-12/h2*11-12H,2-10H2,1H3,(H,18,20,21). The minimum Gasteiger partial charge on any atom is -0.368 e. The Kier molecular flexibility index (Phi) is 12.3. The Morgan fingerprint density at radius 3 is 1.41 bits per heavy atom. The SMILES string of the molecule is CCCCCCNc1nc(Cl)nc2c1ncn2C1CCCC1.CCCCCCNc1nc(Cl)nc2c1ncn2C1CCCC1. The molecule has 4 heterocycles. The van der Waals surface area contributed by atoms with Gasteiger partial charge >= 0.3 is 0 Å². The van der Waals surface area contributed by atoms with Crippen molar-refractivity contribution in [2.24, 2.45) is 0 Å². The number of imidazole rings is 2. The predicted octanol–water partition coefficient (Wildman–Crippen LogP) is 9.17. The van der Waals surface area contributed by atoms with E-state index >= 15 is 0 Å². The van der Waals surface area contributed by atoms with Gasteiger partial charge in [0.05, 0.1) is 12.7 Å². The number of nitrogens with zero attached hydrogens (tertiary/aromatic N) is 8. The quantitative estimate of drug-likeness (QED) is 0.103. The Morgan fingerprint density at radius 2 is 1.02 bits per heavy atom. The van der Waals surface area contributed by atoms with Crippen molar-refractivity contribution in [3.05, 3.63) is 23.2 Å². The highest BCUT2D eigenvalue weighted by Gasteiger charge is 2.22. The van der Waals surface area contributed by atoms with Crippen LogP contribution < -0.4 is 10.6 Å². The highest BCUT2D eigenvalue weighted by molar-refractivity contribution is 6.29. The van der Waals surface area contributed by atoms with Gasteiger partial charge in [0, 0.05) is 25.2 Å². The summed E-state index contributed by atoms with van der Waals surface area (Å²) < 4.78 is 4.36. The van der Waals surface area contributed by atoms with Crippen LogP contribution in [0.5, 0.6) is 0 Å². The number of hydrogen-bond donors (Lipinski definition) is 2. The van der Waals surface area contributed by atoms with E-state index in [2.05, 4.69) is 63.5 Å². The van der Waals surface area contributed by atoms with Gasteiger partial charge in [-0.25, -0.2) is 9.97 Å². The molecule has 0 saturated heterocycles. The lowest BCUT2D eigenvalue weighted by atomic mass is 10.2. The molecule has 10 nitrogen and oxygen atoms in total. The first-order valence-electron chi connectivity index (χ1n) is 16.9. The van der Waals surface area contributed by atoms with E-state index in [0.29, 0.717) is 22.7 Å². The van der Waals surface area contributed by atoms with Gasteiger partial charge in [-0.3, -0.25) is 0 Å². The number of unbranched alkanes of at least 4 members (excludes halogenated alkanes) is 6. The Bertz CT molecular complexity index is 1350. The van der Waals surface area contributed by atoms with Crippen molar-refractivity contribution in [2.75, 3.05) is 23.7 Å². The minimum absolute atomic E-state index is 0.295. The van der Waals surface area contributed by atoms with E-state index in [-0.39, 0.29) is 0 Å². The minimum atomic E-state index is 0.295. The van der Waals surface area contributed by atoms with E-state index in [9.17, 15) is 0 Å². The van der Waals surface area contributed by atoms with Crippen molar-refractivity contribution in [1.82, 2.24) is 39.0 Å². The number of fused-ring (bicyclic) bond motifs is 2. The van der Waals surface area contributed by atoms with E-state index < -0.39 is 0 Å². The molecule has 44 heavy (non-hydrogen) atoms. The molecule has 2 aliphatic carbocycles. The number of halogens is 2. The number of aromatic nitrogens is 8. The molecule has 0 aromatic carbocycles. The first kappa shape index (κ1) is 32.7. The maximum atomic E-state index is 6.12. The van der Waals surface area contributed by atoms with E-state index in [4.69, 9.17) is 23.2 Å². The number of rotatable bonds is 14. The third kappa shape index (κ3) is 8.30. The second-order valence-electron chi connectivity index (χ2n) is 12.2. The highest BCUT2D eigenvalue weighted by Crippen LogP contribution is 2.34. The van der Waals surface area contributed by atoms with E-state index in [1.54, 1.807) is 0 Å². The summed E-state index contributed by atoms with van der Waals surface area (Å²) in [6.07, 6.45) is 23.5. The maximum absolute atomic E-state index is 6.12. The predicted molar refractivity (Wildman–Crippen MR) is 181 cm³/mol. The van der Waals surface area contributed by atoms with Crippen molar-refractivity contribution in [3.63, 3.8) is 0 Å². The molecule has 4 aromatic heterocycles. The van der Waals surface area contributed by atoms with Gasteiger partial charge in [-0.1, -0.05) is 78.1 Å². The fourth-order valence-corrected chi connectivity index (χ4v) is 6.77. The van der Waals surface area contributed by atoms with Crippen molar-refractivity contribution in [1.29, 1.82) is 0 Å². The molecule has 2 aliphatic rings. The summed E-state index contributed by atoms with van der Waals surface area (Å²) in [7, 11) is 0. The number of anilines is 2. The zero-order valence-electron chi connectivity index (χ0n) is 26.4. The fraction of sp³-hybridized carbons (Fsp3) is 0.688. The molecule has 240 valence electrons. The van der Waals surface area contributed by atoms with Crippen molar-refractivity contribution in [3.8, 4) is 0 Å². The molecule has 0 bridgehead atoms. The zero-order valence-corrected chi connectivity index (χ0v) is 27.9. The molecule has 12 heteroatoms. The monoisotopic (exact) mass is 642 g/mol. The first-order valence-corrected chi connectivity index (χ1v) is 17.6. The molecule has 0 spiro atoms. The van der Waals surface area contributed by atoms with Crippen LogP contribution in [-0.2, 0) is 0 Å². The van der Waals surface area contributed by atoms with Crippen molar-refractivity contribution >= 4 is 57.2 Å². The Hall–Kier alpha value is -2.72. The summed E-state index contributed by atoms with van der Waals surface area (Å²) in [4.78, 5) is 26.6. The van der Waals surface area contributed by atoms with Gasteiger partial charge in [0.25, 0.3) is 0 Å². The lowest BCUT2D eigenvalue weighted by Gasteiger charge is -2.12. The van der Waals surface area contributed by atoms with E-state index in [1.165, 1.54) is 89.9 Å². The molecule has 0 unspecified atom stereocenters. The second kappa shape index (κ2) is 16.5. The van der Waals surface area contributed by atoms with Crippen LogP contribution in [0.2, 0.25) is 10.6 Å². The van der Waals surface area contributed by atoms with Crippen molar-refractivity contribution in [2.45, 2.75) is 129 Å². The molecular formula is C32H48Cl2N10. The van der Waals surface area contributed by atoms with Crippen LogP contribution in [0.25, 0.3) is 22.3 Å². The van der Waals surface area contributed by atoms with Gasteiger partial charge in [-0.05, 0) is 61.7 Å². The number of nitrogens with one attached hydrogen (secondary N) is 2. The van der Waals surface area contributed by atoms with Gasteiger partial charge in [0.2, 0.25) is 10.6 Å². The largest absolute Gasteiger partial charge is 0.368 e. The van der Waals surface area contributed by atoms with E-state index in [1.807, 2.05) is 12.7 Å². The van der Waals surface area contributed by atoms with Gasteiger partial charge < -0.3 is 19.8 Å². The lowest BCUT2D eigenvalue weighted by Crippen LogP contribution is -2.07. The Morgan fingerprint density at radius 1 is 0.614 bits per heavy atom. The summed E-state index contributed by atoms with van der Waals surface area (Å²) in [6, 6.07) is 1.02. The summed E-state index contributed by atoms with van der Waals surface area (Å²) in [5, 5.41) is 7.35. The lowest BCUT2D eigenvalue weighted by molar-refractivity contribution is 0.529. The average molecular weight is 644 g/mol. The molecule has 0 radical (unpaired) electrons. The summed E-state index contributed by atoms with van der Waals surface area (Å²) >= 11 is 12.2. The van der Waals surface area contributed by atoms with Crippen LogP contribution in [0.1, 0.15) is 129 Å². The van der Waals surface area contributed by atoms with Gasteiger partial charge in [0.1, 0.15) is 0 Å². The van der Waals surface area contributed by atoms with Gasteiger partial charge in [-0.15, -0.1) is 0 Å². The van der Waals surface area contributed by atoms with Gasteiger partial charge in [-0.2, -0.15) is 19.9 Å². The van der Waals surface area contributed by atoms with Crippen LogP contribution in [0.4, 0.5) is 11.6 Å². The second-order valence-corrected chi connectivity index (χ2v) is 12.9. The maximum Gasteiger partial charge on any atom is 0.226 e. The van der Waals surface area contributed by atoms with Crippen LogP contribution in [-0.4, -0.2) is 52.1 Å². The fourth-order valence-electron chi connectivity index (χ4n) is 6.44. The highest BCUT2D eigenvalue weighted by atomic mass is 35.5. The zero-order chi connectivity index (χ0) is 30.7. The molecule has 0 aliphatic heterocycles. The normalized spacial score (nSPS) is 15.7. The molecule has 6 rings (SSSR count). The number of hydrogen-bond acceptors (Lipinski definition) is 8. The summed E-state index contributed by atoms with van der Waals surface area (Å²) in [5.74, 6) is 1.53. The van der Waals surface area contributed by atoms with E-state index in [0.717, 1.165) is 59.9 Å². The van der Waals surface area contributed by atoms with Crippen LogP contribution >= 0.6 is 23.2 Å². The third-order valence-electron chi connectivity index (χ3n) is 8.87. The van der Waals surface area contributed by atoms with Gasteiger partial charge in [0.15, 0.2) is 34.0 Å². The molecule has 2 saturated carbocycles. The van der Waals surface area contributed by atoms with Crippen LogP contribution in [0, 0.1) is 0 Å². The topological polar surface area (TPSA) is 111 Å². The summed E-state index contributed by atoms with van der Waals surface area (Å²) in [5.41, 5.74) is 3.41. The molecular weight excluding hydrogens is 595 g/mol. The summed E-state index contributed by atoms with van der Waals surface area (Å²) in [6.45, 7) is 6.24. The average Bonchev–Trinajstić information content (AvgIpc) is 3.83. The first-order chi connectivity index (χ1) is 21.6. The molecule has 2 fully saturated rings. The Labute approximate surface area is 271 Å². The molecule has 0 amide bonds. The Balaban J connectivity index is 0.000000175. The molecule has 2 N–H and O–H groups in total. The third-order valence-corrected chi connectivity index (χ3v) is 9.21.